The Hall–Kier alpha value is -3.68. The molecule has 0 aromatic carbocycles. The summed E-state index contributed by atoms with van der Waals surface area (Å²) in [4.78, 5) is 19.0. The quantitative estimate of drug-likeness (QED) is 0.497. The van der Waals surface area contributed by atoms with Gasteiger partial charge in [-0.1, -0.05) is 6.42 Å². The number of hydrogen-bond acceptors (Lipinski definition) is 7. The zero-order valence-electron chi connectivity index (χ0n) is 16.9. The van der Waals surface area contributed by atoms with Gasteiger partial charge in [0.25, 0.3) is 0 Å². The van der Waals surface area contributed by atoms with Crippen LogP contribution in [0.3, 0.4) is 0 Å². The van der Waals surface area contributed by atoms with E-state index in [2.05, 4.69) is 25.9 Å². The van der Waals surface area contributed by atoms with Gasteiger partial charge in [-0.3, -0.25) is 0 Å². The molecule has 1 saturated carbocycles. The maximum Gasteiger partial charge on any atom is 0.404 e. The molecule has 1 amide bonds. The Labute approximate surface area is 177 Å². The van der Waals surface area contributed by atoms with E-state index in [1.807, 2.05) is 6.07 Å². The number of anilines is 3. The number of pyridine rings is 2. The average molecular weight is 432 g/mol. The summed E-state index contributed by atoms with van der Waals surface area (Å²) < 4.78 is 33.4. The lowest BCUT2D eigenvalue weighted by atomic mass is 9.77. The molecule has 1 aliphatic rings. The number of nitriles is 1. The fourth-order valence-corrected chi connectivity index (χ4v) is 3.44. The van der Waals surface area contributed by atoms with Crippen LogP contribution in [-0.4, -0.2) is 40.4 Å². The van der Waals surface area contributed by atoms with Crippen LogP contribution in [0, 0.1) is 28.9 Å². The van der Waals surface area contributed by atoms with Crippen LogP contribution >= 0.6 is 0 Å². The van der Waals surface area contributed by atoms with E-state index < -0.39 is 29.8 Å². The van der Waals surface area contributed by atoms with Gasteiger partial charge in [0.15, 0.2) is 23.3 Å². The topological polar surface area (TPSA) is 132 Å². The Bertz CT molecular complexity index is 1010. The molecule has 1 aliphatic carbocycles. The summed E-state index contributed by atoms with van der Waals surface area (Å²) >= 11 is 0. The number of nitrogens with one attached hydrogen (secondary N) is 3. The number of halogens is 2. The van der Waals surface area contributed by atoms with Crippen molar-refractivity contribution in [1.82, 2.24) is 15.3 Å². The van der Waals surface area contributed by atoms with E-state index in [1.54, 1.807) is 6.92 Å². The molecule has 2 heterocycles. The normalized spacial score (nSPS) is 15.2. The van der Waals surface area contributed by atoms with Crippen molar-refractivity contribution in [2.45, 2.75) is 38.3 Å². The Balaban J connectivity index is 1.89. The maximum absolute atomic E-state index is 14.7. The third-order valence-corrected chi connectivity index (χ3v) is 5.21. The molecular weight excluding hydrogens is 410 g/mol. The van der Waals surface area contributed by atoms with Crippen LogP contribution in [0.5, 0.6) is 5.88 Å². The molecule has 3 rings (SSSR count). The highest BCUT2D eigenvalue weighted by molar-refractivity contribution is 5.66. The smallest absolute Gasteiger partial charge is 0.404 e. The lowest BCUT2D eigenvalue weighted by molar-refractivity contribution is 0.180. The van der Waals surface area contributed by atoms with Crippen LogP contribution in [0.4, 0.5) is 30.9 Å². The monoisotopic (exact) mass is 432 g/mol. The third-order valence-electron chi connectivity index (χ3n) is 5.21. The van der Waals surface area contributed by atoms with Crippen molar-refractivity contribution >= 4 is 23.4 Å². The fraction of sp³-hybridized carbons (Fsp3) is 0.400. The predicted molar refractivity (Wildman–Crippen MR) is 108 cm³/mol. The van der Waals surface area contributed by atoms with Gasteiger partial charge in [0.1, 0.15) is 6.07 Å². The minimum absolute atomic E-state index is 0.00368. The van der Waals surface area contributed by atoms with Crippen LogP contribution in [0.15, 0.2) is 18.3 Å². The van der Waals surface area contributed by atoms with Gasteiger partial charge in [0.05, 0.1) is 30.6 Å². The molecule has 0 unspecified atom stereocenters. The summed E-state index contributed by atoms with van der Waals surface area (Å²) in [6.07, 6.45) is 2.88. The van der Waals surface area contributed by atoms with Crippen molar-refractivity contribution in [3.63, 3.8) is 0 Å². The molecule has 11 heteroatoms. The van der Waals surface area contributed by atoms with Crippen molar-refractivity contribution in [2.75, 3.05) is 17.7 Å². The molecule has 4 N–H and O–H groups in total. The number of rotatable bonds is 8. The molecule has 2 atom stereocenters. The molecule has 0 aliphatic heterocycles. The Morgan fingerprint density at radius 1 is 1.32 bits per heavy atom. The Kier molecular flexibility index (Phi) is 6.69. The van der Waals surface area contributed by atoms with Crippen LogP contribution in [0.1, 0.15) is 31.7 Å². The summed E-state index contributed by atoms with van der Waals surface area (Å²) in [5.74, 6) is -1.65. The number of ether oxygens (including phenoxy) is 1. The molecule has 9 nitrogen and oxygen atoms in total. The number of aromatic nitrogens is 2. The van der Waals surface area contributed by atoms with Gasteiger partial charge >= 0.3 is 6.09 Å². The van der Waals surface area contributed by atoms with E-state index in [1.165, 1.54) is 13.3 Å². The first kappa shape index (κ1) is 22.0. The Morgan fingerprint density at radius 3 is 2.61 bits per heavy atom. The first-order chi connectivity index (χ1) is 14.8. The molecule has 0 radical (unpaired) electrons. The van der Waals surface area contributed by atoms with Crippen molar-refractivity contribution < 1.29 is 23.4 Å². The third kappa shape index (κ3) is 5.09. The van der Waals surface area contributed by atoms with Gasteiger partial charge in [-0.25, -0.2) is 23.5 Å². The Morgan fingerprint density at radius 2 is 2.06 bits per heavy atom. The SMILES string of the molecule is COc1ncc(Nc2nc(N[C@H](C3CCC3)[C@H](C)NC(=O)O)c(F)cc2C#N)cc1F. The van der Waals surface area contributed by atoms with E-state index in [0.717, 1.165) is 31.4 Å². The van der Waals surface area contributed by atoms with Crippen LogP contribution in [-0.2, 0) is 0 Å². The minimum atomic E-state index is -1.18. The van der Waals surface area contributed by atoms with Gasteiger partial charge < -0.3 is 25.8 Å². The molecule has 31 heavy (non-hydrogen) atoms. The number of carboxylic acid groups (broad SMARTS) is 1. The standard InChI is InChI=1S/C20H22F2N6O3/c1-10(25-20(29)30)16(11-4-3-5-11)27-18-14(21)6-12(8-23)17(28-18)26-13-7-15(22)19(31-2)24-9-13/h6-7,9-11,16,25H,3-5H2,1-2H3,(H,29,30)(H2,26,27,28)/t10-,16-/m0/s1. The van der Waals surface area contributed by atoms with Crippen LogP contribution in [0.2, 0.25) is 0 Å². The van der Waals surface area contributed by atoms with Gasteiger partial charge in [-0.2, -0.15) is 5.26 Å². The number of nitrogens with zero attached hydrogens (tertiary/aromatic N) is 3. The second kappa shape index (κ2) is 9.42. The lowest BCUT2D eigenvalue weighted by Gasteiger charge is -2.38. The van der Waals surface area contributed by atoms with Gasteiger partial charge in [0, 0.05) is 12.1 Å². The number of hydrogen-bond donors (Lipinski definition) is 4. The summed E-state index contributed by atoms with van der Waals surface area (Å²) in [6, 6.07) is 3.07. The van der Waals surface area contributed by atoms with Crippen molar-refractivity contribution in [3.05, 3.63) is 35.5 Å². The van der Waals surface area contributed by atoms with Crippen LogP contribution < -0.4 is 20.7 Å². The first-order valence-corrected chi connectivity index (χ1v) is 9.65. The van der Waals surface area contributed by atoms with Crippen molar-refractivity contribution in [1.29, 1.82) is 5.26 Å². The average Bonchev–Trinajstić information content (AvgIpc) is 2.67. The molecule has 0 bridgehead atoms. The predicted octanol–water partition coefficient (Wildman–Crippen LogP) is 3.62. The van der Waals surface area contributed by atoms with E-state index in [9.17, 15) is 18.8 Å². The summed E-state index contributed by atoms with van der Waals surface area (Å²) in [5.41, 5.74) is 0.104. The maximum atomic E-state index is 14.7. The van der Waals surface area contributed by atoms with E-state index in [4.69, 9.17) is 9.84 Å². The van der Waals surface area contributed by atoms with Gasteiger partial charge in [-0.05, 0) is 31.7 Å². The van der Waals surface area contributed by atoms with E-state index in [-0.39, 0.29) is 34.7 Å². The minimum Gasteiger partial charge on any atom is -0.479 e. The second-order valence-corrected chi connectivity index (χ2v) is 7.27. The molecule has 0 spiro atoms. The summed E-state index contributed by atoms with van der Waals surface area (Å²) in [6.45, 7) is 1.69. The number of amides is 1. The van der Waals surface area contributed by atoms with E-state index in [0.29, 0.717) is 0 Å². The molecular formula is C20H22F2N6O3. The van der Waals surface area contributed by atoms with Crippen molar-refractivity contribution in [2.24, 2.45) is 5.92 Å². The number of methoxy groups -OCH3 is 1. The summed E-state index contributed by atoms with van der Waals surface area (Å²) in [7, 11) is 1.28. The molecule has 2 aromatic rings. The molecule has 164 valence electrons. The van der Waals surface area contributed by atoms with Crippen LogP contribution in [0.25, 0.3) is 0 Å². The van der Waals surface area contributed by atoms with E-state index >= 15 is 0 Å². The second-order valence-electron chi connectivity index (χ2n) is 7.27. The molecule has 1 fully saturated rings. The van der Waals surface area contributed by atoms with Crippen molar-refractivity contribution in [3.8, 4) is 11.9 Å². The highest BCUT2D eigenvalue weighted by Crippen LogP contribution is 2.34. The summed E-state index contributed by atoms with van der Waals surface area (Å²) in [5, 5.41) is 26.6. The fourth-order valence-electron chi connectivity index (χ4n) is 3.44. The number of carbonyl (C=O) groups is 1. The first-order valence-electron chi connectivity index (χ1n) is 9.65. The van der Waals surface area contributed by atoms with Gasteiger partial charge in [0.2, 0.25) is 5.88 Å². The largest absolute Gasteiger partial charge is 0.479 e. The van der Waals surface area contributed by atoms with Gasteiger partial charge in [-0.15, -0.1) is 0 Å². The lowest BCUT2D eigenvalue weighted by Crippen LogP contribution is -2.50. The molecule has 2 aromatic heterocycles. The zero-order chi connectivity index (χ0) is 22.5. The highest BCUT2D eigenvalue weighted by Gasteiger charge is 2.33. The highest BCUT2D eigenvalue weighted by atomic mass is 19.1. The molecule has 0 saturated heterocycles. The zero-order valence-corrected chi connectivity index (χ0v) is 16.9.